The molecule has 1 fully saturated rings. The van der Waals surface area contributed by atoms with Crippen LogP contribution in [0.2, 0.25) is 0 Å². The number of carbonyl (C=O) groups is 2. The lowest BCUT2D eigenvalue weighted by Crippen LogP contribution is -2.51. The van der Waals surface area contributed by atoms with E-state index in [2.05, 4.69) is 26.6 Å². The van der Waals surface area contributed by atoms with Gasteiger partial charge < -0.3 is 15.5 Å². The maximum Gasteiger partial charge on any atom is 0.242 e. The van der Waals surface area contributed by atoms with Crippen molar-refractivity contribution in [1.82, 2.24) is 10.2 Å². The molecule has 0 aliphatic carbocycles. The van der Waals surface area contributed by atoms with Gasteiger partial charge in [0.1, 0.15) is 0 Å². The minimum atomic E-state index is -0.101. The largest absolute Gasteiger partial charge is 0.375 e. The summed E-state index contributed by atoms with van der Waals surface area (Å²) in [7, 11) is 0. The fourth-order valence-electron chi connectivity index (χ4n) is 1.90. The Morgan fingerprint density at radius 2 is 2.32 bits per heavy atom. The van der Waals surface area contributed by atoms with Crippen molar-refractivity contribution in [3.63, 3.8) is 0 Å². The highest BCUT2D eigenvalue weighted by atomic mass is 79.9. The van der Waals surface area contributed by atoms with Gasteiger partial charge in [-0.15, -0.1) is 0 Å². The number of nitrogens with zero attached hydrogens (tertiary/aromatic N) is 1. The Bertz CT molecular complexity index is 505. The van der Waals surface area contributed by atoms with Crippen LogP contribution >= 0.6 is 15.9 Å². The summed E-state index contributed by atoms with van der Waals surface area (Å²) in [5.74, 6) is -0.168. The van der Waals surface area contributed by atoms with E-state index < -0.39 is 0 Å². The molecule has 2 rings (SSSR count). The average Bonchev–Trinajstić information content (AvgIpc) is 2.37. The first-order valence-electron chi connectivity index (χ1n) is 6.11. The monoisotopic (exact) mass is 325 g/mol. The van der Waals surface area contributed by atoms with Gasteiger partial charge in [-0.2, -0.15) is 0 Å². The zero-order valence-electron chi connectivity index (χ0n) is 10.7. The van der Waals surface area contributed by atoms with Crippen LogP contribution in [-0.2, 0) is 9.59 Å². The van der Waals surface area contributed by atoms with E-state index in [0.717, 1.165) is 15.7 Å². The van der Waals surface area contributed by atoms with Crippen LogP contribution in [0.1, 0.15) is 5.56 Å². The van der Waals surface area contributed by atoms with Gasteiger partial charge in [-0.1, -0.05) is 6.07 Å². The molecule has 0 spiro atoms. The van der Waals surface area contributed by atoms with Gasteiger partial charge in [0.05, 0.1) is 13.1 Å². The van der Waals surface area contributed by atoms with E-state index in [1.54, 1.807) is 4.90 Å². The third kappa shape index (κ3) is 3.70. The maximum atomic E-state index is 12.0. The van der Waals surface area contributed by atoms with Gasteiger partial charge in [0.15, 0.2) is 0 Å². The second kappa shape index (κ2) is 6.06. The van der Waals surface area contributed by atoms with Crippen LogP contribution in [0.5, 0.6) is 0 Å². The Kier molecular flexibility index (Phi) is 4.42. The SMILES string of the molecule is Cc1ccc(NCC(=O)N2CCNC(=O)C2)c(Br)c1. The fourth-order valence-corrected chi connectivity index (χ4v) is 2.53. The number of aryl methyl sites for hydroxylation is 1. The number of amides is 2. The number of nitrogens with one attached hydrogen (secondary N) is 2. The van der Waals surface area contributed by atoms with Gasteiger partial charge in [0.2, 0.25) is 11.8 Å². The number of rotatable bonds is 3. The van der Waals surface area contributed by atoms with Crippen LogP contribution in [0.3, 0.4) is 0 Å². The number of hydrogen-bond donors (Lipinski definition) is 2. The van der Waals surface area contributed by atoms with Crippen molar-refractivity contribution in [3.8, 4) is 0 Å². The summed E-state index contributed by atoms with van der Waals surface area (Å²) in [6.45, 7) is 3.44. The van der Waals surface area contributed by atoms with E-state index >= 15 is 0 Å². The van der Waals surface area contributed by atoms with Crippen molar-refractivity contribution in [2.75, 3.05) is 31.5 Å². The molecule has 19 heavy (non-hydrogen) atoms. The van der Waals surface area contributed by atoms with Crippen molar-refractivity contribution in [2.45, 2.75) is 6.92 Å². The average molecular weight is 326 g/mol. The third-order valence-corrected chi connectivity index (χ3v) is 3.60. The molecule has 1 aromatic carbocycles. The molecule has 0 atom stereocenters. The molecule has 1 saturated heterocycles. The molecule has 102 valence electrons. The molecular weight excluding hydrogens is 310 g/mol. The number of hydrogen-bond acceptors (Lipinski definition) is 3. The highest BCUT2D eigenvalue weighted by molar-refractivity contribution is 9.10. The molecular formula is C13H16BrN3O2. The van der Waals surface area contributed by atoms with Crippen LogP contribution in [-0.4, -0.2) is 42.9 Å². The Balaban J connectivity index is 1.91. The minimum absolute atomic E-state index is 0.0673. The lowest BCUT2D eigenvalue weighted by Gasteiger charge is -2.26. The molecule has 1 aromatic rings. The van der Waals surface area contributed by atoms with Gasteiger partial charge in [-0.3, -0.25) is 9.59 Å². The van der Waals surface area contributed by atoms with Crippen molar-refractivity contribution in [2.24, 2.45) is 0 Å². The highest BCUT2D eigenvalue weighted by Crippen LogP contribution is 2.23. The van der Waals surface area contributed by atoms with Gasteiger partial charge in [0, 0.05) is 23.2 Å². The first kappa shape index (κ1) is 13.9. The van der Waals surface area contributed by atoms with Gasteiger partial charge in [0.25, 0.3) is 0 Å². The van der Waals surface area contributed by atoms with E-state index in [1.165, 1.54) is 0 Å². The lowest BCUT2D eigenvalue weighted by molar-refractivity contribution is -0.136. The summed E-state index contributed by atoms with van der Waals surface area (Å²) >= 11 is 3.45. The van der Waals surface area contributed by atoms with Crippen molar-refractivity contribution in [3.05, 3.63) is 28.2 Å². The van der Waals surface area contributed by atoms with E-state index in [-0.39, 0.29) is 24.9 Å². The first-order chi connectivity index (χ1) is 9.06. The lowest BCUT2D eigenvalue weighted by atomic mass is 10.2. The number of carbonyl (C=O) groups excluding carboxylic acids is 2. The molecule has 0 unspecified atom stereocenters. The molecule has 2 N–H and O–H groups in total. The number of anilines is 1. The van der Waals surface area contributed by atoms with Crippen LogP contribution in [0.15, 0.2) is 22.7 Å². The minimum Gasteiger partial charge on any atom is -0.375 e. The van der Waals surface area contributed by atoms with Crippen LogP contribution in [0.4, 0.5) is 5.69 Å². The Morgan fingerprint density at radius 3 is 3.00 bits per heavy atom. The topological polar surface area (TPSA) is 61.4 Å². The highest BCUT2D eigenvalue weighted by Gasteiger charge is 2.20. The Hall–Kier alpha value is -1.56. The number of piperazine rings is 1. The van der Waals surface area contributed by atoms with E-state index in [9.17, 15) is 9.59 Å². The molecule has 1 aliphatic heterocycles. The van der Waals surface area contributed by atoms with Crippen LogP contribution in [0, 0.1) is 6.92 Å². The van der Waals surface area contributed by atoms with E-state index in [4.69, 9.17) is 0 Å². The van der Waals surface area contributed by atoms with Gasteiger partial charge >= 0.3 is 0 Å². The molecule has 1 aliphatic rings. The zero-order valence-corrected chi connectivity index (χ0v) is 12.3. The molecule has 6 heteroatoms. The Labute approximate surface area is 120 Å². The first-order valence-corrected chi connectivity index (χ1v) is 6.90. The normalized spacial score (nSPS) is 15.1. The Morgan fingerprint density at radius 1 is 1.53 bits per heavy atom. The summed E-state index contributed by atoms with van der Waals surface area (Å²) in [5, 5.41) is 5.78. The second-order valence-corrected chi connectivity index (χ2v) is 5.36. The number of halogens is 1. The van der Waals surface area contributed by atoms with Crippen molar-refractivity contribution >= 4 is 33.4 Å². The second-order valence-electron chi connectivity index (χ2n) is 4.50. The van der Waals surface area contributed by atoms with Crippen molar-refractivity contribution < 1.29 is 9.59 Å². The van der Waals surface area contributed by atoms with Crippen molar-refractivity contribution in [1.29, 1.82) is 0 Å². The molecule has 2 amide bonds. The molecule has 0 radical (unpaired) electrons. The van der Waals surface area contributed by atoms with Crippen LogP contribution < -0.4 is 10.6 Å². The van der Waals surface area contributed by atoms with Gasteiger partial charge in [-0.25, -0.2) is 0 Å². The number of benzene rings is 1. The smallest absolute Gasteiger partial charge is 0.242 e. The standard InChI is InChI=1S/C13H16BrN3O2/c1-9-2-3-11(10(14)6-9)16-7-13(19)17-5-4-15-12(18)8-17/h2-3,6,16H,4-5,7-8H2,1H3,(H,15,18). The molecule has 0 saturated carbocycles. The summed E-state index contributed by atoms with van der Waals surface area (Å²) in [6.07, 6.45) is 0. The fraction of sp³-hybridized carbons (Fsp3) is 0.385. The third-order valence-electron chi connectivity index (χ3n) is 2.95. The molecule has 0 bridgehead atoms. The molecule has 5 nitrogen and oxygen atoms in total. The van der Waals surface area contributed by atoms with Gasteiger partial charge in [-0.05, 0) is 40.5 Å². The predicted octanol–water partition coefficient (Wildman–Crippen LogP) is 1.13. The van der Waals surface area contributed by atoms with E-state index in [0.29, 0.717) is 13.1 Å². The van der Waals surface area contributed by atoms with E-state index in [1.807, 2.05) is 25.1 Å². The summed E-state index contributed by atoms with van der Waals surface area (Å²) in [4.78, 5) is 24.7. The summed E-state index contributed by atoms with van der Waals surface area (Å²) in [5.41, 5.74) is 2.02. The quantitative estimate of drug-likeness (QED) is 0.875. The maximum absolute atomic E-state index is 12.0. The predicted molar refractivity (Wildman–Crippen MR) is 77.0 cm³/mol. The summed E-state index contributed by atoms with van der Waals surface area (Å²) in [6, 6.07) is 5.89. The zero-order chi connectivity index (χ0) is 13.8. The molecule has 1 heterocycles. The van der Waals surface area contributed by atoms with Crippen LogP contribution in [0.25, 0.3) is 0 Å². The molecule has 0 aromatic heterocycles. The summed E-state index contributed by atoms with van der Waals surface area (Å²) < 4.78 is 0.927.